The topological polar surface area (TPSA) is 112 Å². The molecule has 0 spiro atoms. The molecular weight excluding hydrogens is 300 g/mol. The van der Waals surface area contributed by atoms with Crippen molar-refractivity contribution in [1.29, 1.82) is 0 Å². The van der Waals surface area contributed by atoms with Crippen molar-refractivity contribution in [2.45, 2.75) is 12.6 Å². The average Bonchev–Trinajstić information content (AvgIpc) is 2.98. The first kappa shape index (κ1) is 13.3. The first-order chi connectivity index (χ1) is 11.2. The molecule has 0 radical (unpaired) electrons. The minimum Gasteiger partial charge on any atom is -0.463 e. The summed E-state index contributed by atoms with van der Waals surface area (Å²) < 4.78 is 5.27. The molecule has 1 aliphatic rings. The zero-order valence-electron chi connectivity index (χ0n) is 11.7. The van der Waals surface area contributed by atoms with Crippen LogP contribution in [0.3, 0.4) is 0 Å². The Morgan fingerprint density at radius 2 is 2.09 bits per heavy atom. The zero-order valence-corrected chi connectivity index (χ0v) is 11.7. The first-order valence-corrected chi connectivity index (χ1v) is 6.83. The van der Waals surface area contributed by atoms with Crippen molar-refractivity contribution in [2.24, 2.45) is 4.99 Å². The lowest BCUT2D eigenvalue weighted by Crippen LogP contribution is -2.04. The summed E-state index contributed by atoms with van der Waals surface area (Å²) in [4.78, 5) is 15.9. The van der Waals surface area contributed by atoms with Crippen LogP contribution in [0.5, 0.6) is 0 Å². The van der Waals surface area contributed by atoms with Gasteiger partial charge in [0.25, 0.3) is 5.69 Å². The molecule has 0 N–H and O–H groups in total. The van der Waals surface area contributed by atoms with Gasteiger partial charge in [-0.25, -0.2) is 0 Å². The monoisotopic (exact) mass is 310 g/mol. The molecule has 2 aromatic heterocycles. The number of rotatable bonds is 5. The predicted octanol–water partition coefficient (Wildman–Crippen LogP) is 1.77. The largest absolute Gasteiger partial charge is 0.463 e. The lowest BCUT2D eigenvalue weighted by Gasteiger charge is -1.98. The Hall–Kier alpha value is -3.36. The molecule has 9 nitrogen and oxygen atoms in total. The number of tetrazole rings is 1. The van der Waals surface area contributed by atoms with Crippen LogP contribution >= 0.6 is 0 Å². The summed E-state index contributed by atoms with van der Waals surface area (Å²) in [6.07, 6.45) is 1.59. The summed E-state index contributed by atoms with van der Waals surface area (Å²) in [5.41, 5.74) is 1.71. The second-order valence-electron chi connectivity index (χ2n) is 5.00. The quantitative estimate of drug-likeness (QED) is 0.524. The molecule has 0 aliphatic carbocycles. The number of nitrogens with zero attached hydrogens (tertiary/aromatic N) is 6. The Balaban J connectivity index is 1.44. The SMILES string of the molecule is O=[N+]([O-])c1ccc(Cn2nnc(C3N=C3c3ccco3)n2)cc1. The Bertz CT molecular complexity index is 882. The lowest BCUT2D eigenvalue weighted by molar-refractivity contribution is -0.384. The molecule has 0 saturated carbocycles. The van der Waals surface area contributed by atoms with E-state index in [1.54, 1.807) is 24.5 Å². The van der Waals surface area contributed by atoms with Gasteiger partial charge in [0.2, 0.25) is 5.82 Å². The van der Waals surface area contributed by atoms with E-state index in [0.717, 1.165) is 11.3 Å². The van der Waals surface area contributed by atoms with Gasteiger partial charge in [0.1, 0.15) is 11.5 Å². The molecule has 0 amide bonds. The van der Waals surface area contributed by atoms with E-state index >= 15 is 0 Å². The lowest BCUT2D eigenvalue weighted by atomic mass is 10.2. The second-order valence-corrected chi connectivity index (χ2v) is 5.00. The van der Waals surface area contributed by atoms with Crippen LogP contribution in [0.15, 0.2) is 52.1 Å². The molecule has 0 fully saturated rings. The van der Waals surface area contributed by atoms with Gasteiger partial charge in [-0.3, -0.25) is 15.1 Å². The van der Waals surface area contributed by atoms with Gasteiger partial charge in [-0.2, -0.15) is 4.80 Å². The minimum atomic E-state index is -0.434. The van der Waals surface area contributed by atoms with E-state index in [2.05, 4.69) is 20.4 Å². The molecule has 4 rings (SSSR count). The van der Waals surface area contributed by atoms with Crippen LogP contribution in [0.1, 0.15) is 23.2 Å². The van der Waals surface area contributed by atoms with Gasteiger partial charge in [-0.15, -0.1) is 10.2 Å². The number of hydrogen-bond acceptors (Lipinski definition) is 7. The molecule has 1 aliphatic heterocycles. The van der Waals surface area contributed by atoms with E-state index in [9.17, 15) is 10.1 Å². The molecule has 23 heavy (non-hydrogen) atoms. The number of nitro groups is 1. The van der Waals surface area contributed by atoms with Gasteiger partial charge in [-0.1, -0.05) is 12.1 Å². The second kappa shape index (κ2) is 5.13. The fraction of sp³-hybridized carbons (Fsp3) is 0.143. The number of aliphatic imine (C=N–C) groups is 1. The number of benzene rings is 1. The van der Waals surface area contributed by atoms with E-state index in [-0.39, 0.29) is 11.7 Å². The van der Waals surface area contributed by atoms with Crippen LogP contribution in [0.2, 0.25) is 0 Å². The summed E-state index contributed by atoms with van der Waals surface area (Å²) in [6.45, 7) is 0.383. The molecular formula is C14H10N6O3. The van der Waals surface area contributed by atoms with Crippen LogP contribution in [0, 0.1) is 10.1 Å². The normalized spacial score (nSPS) is 16.2. The number of non-ortho nitro benzene ring substituents is 1. The maximum Gasteiger partial charge on any atom is 0.269 e. The van der Waals surface area contributed by atoms with Crippen molar-refractivity contribution >= 4 is 11.4 Å². The first-order valence-electron chi connectivity index (χ1n) is 6.83. The summed E-state index contributed by atoms with van der Waals surface area (Å²) in [7, 11) is 0. The number of nitro benzene ring substituents is 1. The summed E-state index contributed by atoms with van der Waals surface area (Å²) in [5, 5.41) is 22.9. The van der Waals surface area contributed by atoms with Gasteiger partial charge < -0.3 is 4.42 Å². The van der Waals surface area contributed by atoms with Gasteiger partial charge in [0.15, 0.2) is 6.04 Å². The summed E-state index contributed by atoms with van der Waals surface area (Å²) >= 11 is 0. The highest BCUT2D eigenvalue weighted by atomic mass is 16.6. The smallest absolute Gasteiger partial charge is 0.269 e. The molecule has 1 atom stereocenters. The number of hydrogen-bond donors (Lipinski definition) is 0. The maximum atomic E-state index is 10.6. The van der Waals surface area contributed by atoms with E-state index in [1.165, 1.54) is 16.9 Å². The Morgan fingerprint density at radius 3 is 2.78 bits per heavy atom. The average molecular weight is 310 g/mol. The van der Waals surface area contributed by atoms with Crippen molar-refractivity contribution in [3.8, 4) is 0 Å². The molecule has 1 unspecified atom stereocenters. The van der Waals surface area contributed by atoms with E-state index in [0.29, 0.717) is 18.1 Å². The van der Waals surface area contributed by atoms with Crippen LogP contribution in [0.25, 0.3) is 0 Å². The summed E-state index contributed by atoms with van der Waals surface area (Å²) in [6, 6.07) is 9.67. The molecule has 1 aromatic carbocycles. The molecule has 3 aromatic rings. The summed E-state index contributed by atoms with van der Waals surface area (Å²) in [5.74, 6) is 1.22. The number of aromatic nitrogens is 4. The molecule has 3 heterocycles. The standard InChI is InChI=1S/C14H10N6O3/c21-20(22)10-5-3-9(4-6-10)8-19-17-14(16-18-19)13-12(15-13)11-2-1-7-23-11/h1-7,13H,8H2. The molecule has 114 valence electrons. The third kappa shape index (κ3) is 2.59. The van der Waals surface area contributed by atoms with E-state index < -0.39 is 4.92 Å². The van der Waals surface area contributed by atoms with Crippen LogP contribution in [0.4, 0.5) is 5.69 Å². The van der Waals surface area contributed by atoms with E-state index in [1.807, 2.05) is 6.07 Å². The van der Waals surface area contributed by atoms with Crippen LogP contribution < -0.4 is 0 Å². The highest BCUT2D eigenvalue weighted by Gasteiger charge is 2.36. The van der Waals surface area contributed by atoms with Gasteiger partial charge in [0.05, 0.1) is 17.7 Å². The van der Waals surface area contributed by atoms with E-state index in [4.69, 9.17) is 4.42 Å². The molecule has 0 saturated heterocycles. The fourth-order valence-electron chi connectivity index (χ4n) is 2.22. The van der Waals surface area contributed by atoms with Crippen LogP contribution in [-0.4, -0.2) is 30.8 Å². The fourth-order valence-corrected chi connectivity index (χ4v) is 2.22. The van der Waals surface area contributed by atoms with Gasteiger partial charge in [-0.05, 0) is 22.9 Å². The molecule has 9 heteroatoms. The van der Waals surface area contributed by atoms with Crippen molar-refractivity contribution in [2.75, 3.05) is 0 Å². The Labute approximate surface area is 129 Å². The predicted molar refractivity (Wildman–Crippen MR) is 78.0 cm³/mol. The number of furan rings is 1. The third-order valence-electron chi connectivity index (χ3n) is 3.42. The Kier molecular flexibility index (Phi) is 2.97. The van der Waals surface area contributed by atoms with Crippen molar-refractivity contribution in [3.63, 3.8) is 0 Å². The zero-order chi connectivity index (χ0) is 15.8. The van der Waals surface area contributed by atoms with Crippen molar-refractivity contribution in [3.05, 3.63) is 69.9 Å². The van der Waals surface area contributed by atoms with Gasteiger partial charge >= 0.3 is 0 Å². The van der Waals surface area contributed by atoms with Crippen molar-refractivity contribution < 1.29 is 9.34 Å². The minimum absolute atomic E-state index is 0.0514. The van der Waals surface area contributed by atoms with Gasteiger partial charge in [0, 0.05) is 12.1 Å². The Morgan fingerprint density at radius 1 is 1.26 bits per heavy atom. The maximum absolute atomic E-state index is 10.6. The highest BCUT2D eigenvalue weighted by Crippen LogP contribution is 2.32. The van der Waals surface area contributed by atoms with Crippen molar-refractivity contribution in [1.82, 2.24) is 20.2 Å². The molecule has 0 bridgehead atoms. The third-order valence-corrected chi connectivity index (χ3v) is 3.42. The van der Waals surface area contributed by atoms with Crippen LogP contribution in [-0.2, 0) is 6.54 Å². The highest BCUT2D eigenvalue weighted by molar-refractivity contribution is 6.11.